The van der Waals surface area contributed by atoms with E-state index in [9.17, 15) is 9.59 Å². The van der Waals surface area contributed by atoms with E-state index in [1.165, 1.54) is 24.9 Å². The number of fused-ring (bicyclic) bond motifs is 5. The van der Waals surface area contributed by atoms with E-state index in [4.69, 9.17) is 20.6 Å². The van der Waals surface area contributed by atoms with E-state index in [1.54, 1.807) is 11.1 Å². The largest absolute Gasteiger partial charge is 0.467 e. The SMILES string of the molecule is CCCN(Cc1[nH]c(-c2ccc3c(c2)cc2n3C(C(N)SC(=N)CC)Oc3cc(-c4cnc(C5CCCN5)[nH]4)cc(F)c3-2)c[n+]1C)C(=O)C(NC(=O)OC)C(C)C. The third-order valence-electron chi connectivity index (χ3n) is 10.7. The van der Waals surface area contributed by atoms with Gasteiger partial charge in [-0.15, -0.1) is 0 Å². The second-order valence-electron chi connectivity index (χ2n) is 15.0. The first-order valence-electron chi connectivity index (χ1n) is 19.6. The van der Waals surface area contributed by atoms with Crippen LogP contribution in [-0.4, -0.2) is 73.1 Å². The second kappa shape index (κ2) is 16.7. The molecule has 302 valence electrons. The second-order valence-corrected chi connectivity index (χ2v) is 16.3. The normalized spacial score (nSPS) is 17.2. The molecular weight excluding hydrogens is 748 g/mol. The molecule has 2 aliphatic rings. The van der Waals surface area contributed by atoms with E-state index < -0.39 is 29.6 Å². The van der Waals surface area contributed by atoms with Gasteiger partial charge in [0.25, 0.3) is 5.82 Å². The lowest BCUT2D eigenvalue weighted by Gasteiger charge is -2.33. The number of imidazole rings is 2. The molecule has 5 aromatic rings. The lowest BCUT2D eigenvalue weighted by atomic mass is 10.0. The molecule has 4 atom stereocenters. The summed E-state index contributed by atoms with van der Waals surface area (Å²) in [6, 6.07) is 10.7. The summed E-state index contributed by atoms with van der Waals surface area (Å²) in [7, 11) is 3.20. The molecule has 0 radical (unpaired) electrons. The van der Waals surface area contributed by atoms with Crippen molar-refractivity contribution in [1.82, 2.24) is 35.1 Å². The van der Waals surface area contributed by atoms with Gasteiger partial charge in [-0.25, -0.2) is 23.7 Å². The summed E-state index contributed by atoms with van der Waals surface area (Å²) in [4.78, 5) is 39.0. The van der Waals surface area contributed by atoms with Gasteiger partial charge in [0, 0.05) is 23.1 Å². The summed E-state index contributed by atoms with van der Waals surface area (Å²) >= 11 is 1.24. The first-order chi connectivity index (χ1) is 27.4. The average molecular weight is 800 g/mol. The molecule has 7 rings (SSSR count). The van der Waals surface area contributed by atoms with Crippen molar-refractivity contribution in [2.24, 2.45) is 18.7 Å². The number of carbonyl (C=O) groups excluding carboxylic acids is 2. The van der Waals surface area contributed by atoms with E-state index in [0.29, 0.717) is 52.8 Å². The van der Waals surface area contributed by atoms with Crippen molar-refractivity contribution in [2.45, 2.75) is 83.6 Å². The summed E-state index contributed by atoms with van der Waals surface area (Å²) in [6.45, 7) is 9.43. The number of ether oxygens (including phenoxy) is 2. The van der Waals surface area contributed by atoms with Crippen LogP contribution in [0.25, 0.3) is 44.7 Å². The summed E-state index contributed by atoms with van der Waals surface area (Å²) in [6.07, 6.45) is 5.66. The number of halogens is 1. The Morgan fingerprint density at radius 2 is 2.00 bits per heavy atom. The highest BCUT2D eigenvalue weighted by Gasteiger charge is 2.36. The van der Waals surface area contributed by atoms with Gasteiger partial charge in [0.2, 0.25) is 12.1 Å². The van der Waals surface area contributed by atoms with Gasteiger partial charge in [0.05, 0.1) is 53.9 Å². The number of rotatable bonds is 13. The number of carbonyl (C=O) groups is 2. The third kappa shape index (κ3) is 8.03. The van der Waals surface area contributed by atoms with E-state index in [2.05, 4.69) is 25.6 Å². The van der Waals surface area contributed by atoms with Gasteiger partial charge in [-0.05, 0) is 74.5 Å². The van der Waals surface area contributed by atoms with Crippen molar-refractivity contribution in [2.75, 3.05) is 20.2 Å². The lowest BCUT2D eigenvalue weighted by Crippen LogP contribution is -2.52. The summed E-state index contributed by atoms with van der Waals surface area (Å²) in [5.41, 5.74) is 11.6. The Hall–Kier alpha value is -5.19. The van der Waals surface area contributed by atoms with Crippen LogP contribution in [0, 0.1) is 17.1 Å². The van der Waals surface area contributed by atoms with Gasteiger partial charge < -0.3 is 40.3 Å². The topological polar surface area (TPSA) is 183 Å². The van der Waals surface area contributed by atoms with Gasteiger partial charge >= 0.3 is 6.09 Å². The third-order valence-corrected chi connectivity index (χ3v) is 11.8. The molecule has 0 aliphatic carbocycles. The minimum Gasteiger partial charge on any atom is -0.467 e. The Morgan fingerprint density at radius 3 is 2.70 bits per heavy atom. The van der Waals surface area contributed by atoms with Crippen molar-refractivity contribution >= 4 is 39.7 Å². The van der Waals surface area contributed by atoms with Crippen LogP contribution in [0.1, 0.15) is 77.3 Å². The molecule has 2 aromatic carbocycles. The summed E-state index contributed by atoms with van der Waals surface area (Å²) < 4.78 is 31.7. The van der Waals surface area contributed by atoms with Crippen molar-refractivity contribution < 1.29 is 28.0 Å². The number of nitrogens with zero attached hydrogens (tertiary/aromatic N) is 4. The number of methoxy groups -OCH3 is 1. The maximum atomic E-state index is 16.4. The van der Waals surface area contributed by atoms with Crippen LogP contribution in [0.4, 0.5) is 9.18 Å². The molecule has 4 unspecified atom stereocenters. The Kier molecular flexibility index (Phi) is 11.7. The number of aromatic amines is 2. The molecular formula is C41H52FN10O4S+. The molecule has 0 saturated carbocycles. The van der Waals surface area contributed by atoms with Crippen LogP contribution in [0.3, 0.4) is 0 Å². The smallest absolute Gasteiger partial charge is 0.407 e. The van der Waals surface area contributed by atoms with E-state index in [0.717, 1.165) is 59.6 Å². The van der Waals surface area contributed by atoms with Crippen molar-refractivity contribution in [3.8, 4) is 39.5 Å². The number of benzene rings is 2. The number of nitrogens with two attached hydrogens (primary N) is 1. The predicted molar refractivity (Wildman–Crippen MR) is 219 cm³/mol. The summed E-state index contributed by atoms with van der Waals surface area (Å²) in [5, 5.41) is 15.2. The van der Waals surface area contributed by atoms with E-state index >= 15 is 4.39 Å². The maximum absolute atomic E-state index is 16.4. The van der Waals surface area contributed by atoms with Gasteiger partial charge in [-0.2, -0.15) is 0 Å². The Morgan fingerprint density at radius 1 is 1.19 bits per heavy atom. The summed E-state index contributed by atoms with van der Waals surface area (Å²) in [5.74, 6) is 1.23. The minimum atomic E-state index is -0.738. The molecule has 0 bridgehead atoms. The first kappa shape index (κ1) is 40.0. The fraction of sp³-hybridized carbons (Fsp3) is 0.439. The van der Waals surface area contributed by atoms with Crippen molar-refractivity contribution in [1.29, 1.82) is 5.41 Å². The number of alkyl carbamates (subject to hydrolysis) is 1. The highest BCUT2D eigenvalue weighted by molar-refractivity contribution is 8.14. The Bertz CT molecular complexity index is 2290. The zero-order valence-electron chi connectivity index (χ0n) is 33.2. The molecule has 5 heterocycles. The number of H-pyrrole nitrogens is 2. The Balaban J connectivity index is 1.23. The molecule has 57 heavy (non-hydrogen) atoms. The molecule has 7 N–H and O–H groups in total. The zero-order chi connectivity index (χ0) is 40.5. The van der Waals surface area contributed by atoms with Gasteiger partial charge in [0.1, 0.15) is 41.5 Å². The quantitative estimate of drug-likeness (QED) is 0.0338. The highest BCUT2D eigenvalue weighted by Crippen LogP contribution is 2.47. The standard InChI is InChI=1S/C41H51FN10O4S/c1-7-14-51(39(53)36(22(3)4)49-41(54)55-6)21-34-47-29(20-50(34)5)23-11-12-30-25(15-23)17-31-35-26(42)16-24(28-19-46-38(48-28)27-10-9-13-45-27)18-32(35)56-40(52(30)31)37(44)57-33(43)8-2/h11-12,15-20,22,27,36-37,40,43,45H,7-10,13-14,21,44H2,1-6H3,(H2,46,48,49,54)/p+1. The van der Waals surface area contributed by atoms with Crippen LogP contribution in [0.2, 0.25) is 0 Å². The molecule has 16 heteroatoms. The molecule has 1 fully saturated rings. The zero-order valence-corrected chi connectivity index (χ0v) is 34.1. The fourth-order valence-corrected chi connectivity index (χ4v) is 8.48. The molecule has 14 nitrogen and oxygen atoms in total. The van der Waals surface area contributed by atoms with Crippen LogP contribution in [0.15, 0.2) is 48.8 Å². The number of hydrogen-bond donors (Lipinski definition) is 6. The number of aryl methyl sites for hydroxylation is 1. The monoisotopic (exact) mass is 799 g/mol. The van der Waals surface area contributed by atoms with E-state index in [-0.39, 0.29) is 17.9 Å². The van der Waals surface area contributed by atoms with Crippen molar-refractivity contribution in [3.05, 3.63) is 66.3 Å². The average Bonchev–Trinajstić information content (AvgIpc) is 4.02. The lowest BCUT2D eigenvalue weighted by molar-refractivity contribution is -0.678. The number of aromatic nitrogens is 5. The number of hydrogen-bond acceptors (Lipinski definition) is 9. The Labute approximate surface area is 335 Å². The number of nitrogens with one attached hydrogen (secondary N) is 5. The van der Waals surface area contributed by atoms with Gasteiger partial charge in [0.15, 0.2) is 5.69 Å². The molecule has 2 aliphatic heterocycles. The highest BCUT2D eigenvalue weighted by atomic mass is 32.2. The molecule has 1 saturated heterocycles. The van der Waals surface area contributed by atoms with Crippen LogP contribution >= 0.6 is 11.8 Å². The van der Waals surface area contributed by atoms with Gasteiger partial charge in [-0.1, -0.05) is 39.5 Å². The first-order valence-corrected chi connectivity index (χ1v) is 20.4. The van der Waals surface area contributed by atoms with Crippen LogP contribution in [-0.2, 0) is 23.1 Å². The minimum absolute atomic E-state index is 0.144. The number of thioether (sulfide) groups is 1. The van der Waals surface area contributed by atoms with Gasteiger partial charge in [-0.3, -0.25) is 10.2 Å². The number of amides is 2. The maximum Gasteiger partial charge on any atom is 0.407 e. The molecule has 2 amide bonds. The van der Waals surface area contributed by atoms with E-state index in [1.807, 2.05) is 80.4 Å². The van der Waals surface area contributed by atoms with Crippen LogP contribution in [0.5, 0.6) is 5.75 Å². The molecule has 3 aromatic heterocycles. The van der Waals surface area contributed by atoms with Crippen LogP contribution < -0.4 is 25.7 Å². The fourth-order valence-electron chi connectivity index (χ4n) is 7.69. The van der Waals surface area contributed by atoms with Crippen molar-refractivity contribution in [3.63, 3.8) is 0 Å². The molecule has 0 spiro atoms. The predicted octanol–water partition coefficient (Wildman–Crippen LogP) is 6.50.